The number of rotatable bonds is 0. The summed E-state index contributed by atoms with van der Waals surface area (Å²) < 4.78 is 2.24. The van der Waals surface area contributed by atoms with Crippen molar-refractivity contribution in [2.45, 2.75) is 13.1 Å². The number of allylic oxidation sites excluding steroid dienone is 1. The lowest BCUT2D eigenvalue weighted by Gasteiger charge is -2.16. The van der Waals surface area contributed by atoms with E-state index < -0.39 is 0 Å². The van der Waals surface area contributed by atoms with Crippen molar-refractivity contribution in [2.24, 2.45) is 0 Å². The van der Waals surface area contributed by atoms with E-state index in [9.17, 15) is 0 Å². The Kier molecular flexibility index (Phi) is 0.990. The zero-order valence-corrected chi connectivity index (χ0v) is 5.98. The molecule has 1 N–H and O–H groups in total. The second-order valence-corrected chi connectivity index (χ2v) is 3.03. The number of hydrogen-bond acceptors (Lipinski definition) is 3. The molecular formula is C6H8N2S. The quantitative estimate of drug-likeness (QED) is 0.510. The predicted molar refractivity (Wildman–Crippen MR) is 39.3 cm³/mol. The Morgan fingerprint density at radius 2 is 2.67 bits per heavy atom. The predicted octanol–water partition coefficient (Wildman–Crippen LogP) is 1.25. The maximum absolute atomic E-state index is 3.22. The monoisotopic (exact) mass is 140 g/mol. The molecule has 0 aliphatic carbocycles. The summed E-state index contributed by atoms with van der Waals surface area (Å²) in [7, 11) is 0. The van der Waals surface area contributed by atoms with E-state index in [2.05, 4.69) is 28.0 Å². The van der Waals surface area contributed by atoms with Crippen molar-refractivity contribution >= 4 is 11.9 Å². The average molecular weight is 140 g/mol. The van der Waals surface area contributed by atoms with Crippen LogP contribution in [0.4, 0.5) is 0 Å². The van der Waals surface area contributed by atoms with Gasteiger partial charge < -0.3 is 5.32 Å². The van der Waals surface area contributed by atoms with Gasteiger partial charge in [-0.15, -0.1) is 0 Å². The van der Waals surface area contributed by atoms with Crippen LogP contribution >= 0.6 is 11.9 Å². The first-order valence-electron chi connectivity index (χ1n) is 2.93. The van der Waals surface area contributed by atoms with E-state index in [0.717, 1.165) is 0 Å². The summed E-state index contributed by atoms with van der Waals surface area (Å²) in [4.78, 5) is 0. The van der Waals surface area contributed by atoms with Gasteiger partial charge in [0.05, 0.1) is 0 Å². The van der Waals surface area contributed by atoms with Gasteiger partial charge in [0.15, 0.2) is 0 Å². The van der Waals surface area contributed by atoms with E-state index >= 15 is 0 Å². The fourth-order valence-corrected chi connectivity index (χ4v) is 1.85. The van der Waals surface area contributed by atoms with Gasteiger partial charge in [0.2, 0.25) is 0 Å². The van der Waals surface area contributed by atoms with Gasteiger partial charge in [-0.2, -0.15) is 0 Å². The number of nitrogens with zero attached hydrogens (tertiary/aromatic N) is 1. The number of nitrogens with one attached hydrogen (secondary N) is 1. The van der Waals surface area contributed by atoms with Crippen LogP contribution in [0.5, 0.6) is 0 Å². The van der Waals surface area contributed by atoms with Crippen LogP contribution < -0.4 is 5.32 Å². The normalized spacial score (nSPS) is 30.1. The Morgan fingerprint density at radius 1 is 1.78 bits per heavy atom. The summed E-state index contributed by atoms with van der Waals surface area (Å²) in [5, 5.41) is 5.33. The Hall–Kier alpha value is -0.570. The molecule has 1 atom stereocenters. The summed E-state index contributed by atoms with van der Waals surface area (Å²) in [6.45, 7) is 2.10. The summed E-state index contributed by atoms with van der Waals surface area (Å²) in [5.74, 6) is 0. The van der Waals surface area contributed by atoms with Crippen LogP contribution in [0.1, 0.15) is 6.92 Å². The molecule has 0 saturated carbocycles. The van der Waals surface area contributed by atoms with E-state index in [1.165, 1.54) is 5.70 Å². The minimum absolute atomic E-state index is 0.426. The van der Waals surface area contributed by atoms with Gasteiger partial charge >= 0.3 is 0 Å². The highest BCUT2D eigenvalue weighted by Gasteiger charge is 2.23. The van der Waals surface area contributed by atoms with Gasteiger partial charge in [0.25, 0.3) is 0 Å². The third-order valence-electron chi connectivity index (χ3n) is 1.50. The highest BCUT2D eigenvalue weighted by Crippen LogP contribution is 2.30. The van der Waals surface area contributed by atoms with Crippen molar-refractivity contribution in [1.82, 2.24) is 9.62 Å². The molecule has 2 aliphatic heterocycles. The zero-order valence-electron chi connectivity index (χ0n) is 5.16. The van der Waals surface area contributed by atoms with Crippen LogP contribution in [0, 0.1) is 0 Å². The molecule has 0 saturated heterocycles. The lowest BCUT2D eigenvalue weighted by atomic mass is 10.5. The Morgan fingerprint density at radius 3 is 3.44 bits per heavy atom. The van der Waals surface area contributed by atoms with Crippen LogP contribution in [0.15, 0.2) is 23.4 Å². The van der Waals surface area contributed by atoms with E-state index in [0.29, 0.717) is 6.17 Å². The molecule has 0 fully saturated rings. The first-order valence-corrected chi connectivity index (χ1v) is 3.77. The maximum atomic E-state index is 3.22. The fourth-order valence-electron chi connectivity index (χ4n) is 1.01. The van der Waals surface area contributed by atoms with Crippen LogP contribution in [0.3, 0.4) is 0 Å². The highest BCUT2D eigenvalue weighted by molar-refractivity contribution is 8.00. The molecule has 48 valence electrons. The molecule has 0 bridgehead atoms. The standard InChI is InChI=1S/C6H8N2S/c1-5-4-7-6-2-3-9-8(5)6/h2-4,6-7H,1H3. The van der Waals surface area contributed by atoms with Crippen molar-refractivity contribution in [2.75, 3.05) is 0 Å². The Labute approximate surface area is 58.7 Å². The summed E-state index contributed by atoms with van der Waals surface area (Å²) in [5.41, 5.74) is 1.30. The molecule has 3 heteroatoms. The first-order chi connectivity index (χ1) is 4.38. The van der Waals surface area contributed by atoms with Crippen LogP contribution in [0.2, 0.25) is 0 Å². The van der Waals surface area contributed by atoms with Gasteiger partial charge in [-0.3, -0.25) is 4.31 Å². The molecule has 2 heterocycles. The van der Waals surface area contributed by atoms with Crippen LogP contribution in [-0.4, -0.2) is 10.5 Å². The molecule has 0 spiro atoms. The van der Waals surface area contributed by atoms with Crippen molar-refractivity contribution in [3.05, 3.63) is 23.4 Å². The van der Waals surface area contributed by atoms with Gasteiger partial charge in [0.1, 0.15) is 6.17 Å². The largest absolute Gasteiger partial charge is 0.366 e. The van der Waals surface area contributed by atoms with Crippen molar-refractivity contribution in [3.63, 3.8) is 0 Å². The average Bonchev–Trinajstić information content (AvgIpc) is 2.35. The lowest BCUT2D eigenvalue weighted by molar-refractivity contribution is 0.507. The fraction of sp³-hybridized carbons (Fsp3) is 0.333. The smallest absolute Gasteiger partial charge is 0.129 e. The molecule has 0 aromatic carbocycles. The first kappa shape index (κ1) is 5.23. The third-order valence-corrected chi connectivity index (χ3v) is 2.52. The van der Waals surface area contributed by atoms with Gasteiger partial charge in [-0.05, 0) is 30.4 Å². The molecule has 9 heavy (non-hydrogen) atoms. The minimum Gasteiger partial charge on any atom is -0.366 e. The molecule has 2 aliphatic rings. The summed E-state index contributed by atoms with van der Waals surface area (Å²) in [6, 6.07) is 0. The molecule has 1 unspecified atom stereocenters. The van der Waals surface area contributed by atoms with Gasteiger partial charge in [-0.1, -0.05) is 0 Å². The third kappa shape index (κ3) is 0.645. The van der Waals surface area contributed by atoms with Crippen molar-refractivity contribution in [1.29, 1.82) is 0 Å². The second-order valence-electron chi connectivity index (χ2n) is 2.16. The summed E-state index contributed by atoms with van der Waals surface area (Å²) in [6.07, 6.45) is 4.62. The molecule has 0 amide bonds. The SMILES string of the molecule is CC1=CNC2C=CSN12. The van der Waals surface area contributed by atoms with Crippen molar-refractivity contribution in [3.8, 4) is 0 Å². The molecular weight excluding hydrogens is 132 g/mol. The van der Waals surface area contributed by atoms with Crippen LogP contribution in [-0.2, 0) is 0 Å². The van der Waals surface area contributed by atoms with E-state index in [4.69, 9.17) is 0 Å². The number of fused-ring (bicyclic) bond motifs is 1. The maximum Gasteiger partial charge on any atom is 0.129 e. The second kappa shape index (κ2) is 1.70. The highest BCUT2D eigenvalue weighted by atomic mass is 32.2. The van der Waals surface area contributed by atoms with Gasteiger partial charge in [0, 0.05) is 11.9 Å². The molecule has 0 radical (unpaired) electrons. The molecule has 0 aromatic rings. The number of hydrogen-bond donors (Lipinski definition) is 1. The zero-order chi connectivity index (χ0) is 6.27. The van der Waals surface area contributed by atoms with Gasteiger partial charge in [-0.25, -0.2) is 0 Å². The topological polar surface area (TPSA) is 15.3 Å². The van der Waals surface area contributed by atoms with Crippen LogP contribution in [0.25, 0.3) is 0 Å². The van der Waals surface area contributed by atoms with E-state index in [-0.39, 0.29) is 0 Å². The van der Waals surface area contributed by atoms with E-state index in [1.807, 2.05) is 6.20 Å². The Bertz CT molecular complexity index is 185. The summed E-state index contributed by atoms with van der Waals surface area (Å²) >= 11 is 1.74. The Balaban J connectivity index is 2.22. The van der Waals surface area contributed by atoms with Crippen molar-refractivity contribution < 1.29 is 0 Å². The molecule has 2 rings (SSSR count). The molecule has 0 aromatic heterocycles. The lowest BCUT2D eigenvalue weighted by Crippen LogP contribution is -2.26. The minimum atomic E-state index is 0.426. The molecule has 2 nitrogen and oxygen atoms in total. The van der Waals surface area contributed by atoms with E-state index in [1.54, 1.807) is 11.9 Å².